The average molecular weight is 432 g/mol. The van der Waals surface area contributed by atoms with Gasteiger partial charge in [-0.05, 0) is 48.9 Å². The molecular weight excluding hydrogens is 409 g/mol. The molecule has 1 aromatic heterocycles. The molecule has 31 heavy (non-hydrogen) atoms. The molecule has 1 amide bonds. The first kappa shape index (κ1) is 21.0. The summed E-state index contributed by atoms with van der Waals surface area (Å²) < 4.78 is 13.3. The molecule has 4 aromatic rings. The first-order valence-electron chi connectivity index (χ1n) is 10.1. The summed E-state index contributed by atoms with van der Waals surface area (Å²) in [6, 6.07) is 23.7. The molecule has 0 radical (unpaired) electrons. The predicted octanol–water partition coefficient (Wildman–Crippen LogP) is 5.50. The highest BCUT2D eigenvalue weighted by molar-refractivity contribution is 8.00. The van der Waals surface area contributed by atoms with E-state index < -0.39 is 0 Å². The molecule has 6 heteroatoms. The minimum Gasteiger partial charge on any atom is -0.312 e. The number of thioether (sulfide) groups is 1. The molecule has 3 aromatic carbocycles. The molecule has 0 N–H and O–H groups in total. The van der Waals surface area contributed by atoms with Crippen molar-refractivity contribution in [2.24, 2.45) is 0 Å². The largest absolute Gasteiger partial charge is 0.312 e. The molecule has 0 aliphatic rings. The van der Waals surface area contributed by atoms with Gasteiger partial charge in [-0.1, -0.05) is 54.2 Å². The van der Waals surface area contributed by atoms with Crippen LogP contribution in [-0.2, 0) is 11.2 Å². The number of hydrogen-bond donors (Lipinski definition) is 0. The van der Waals surface area contributed by atoms with Gasteiger partial charge in [-0.3, -0.25) is 4.79 Å². The van der Waals surface area contributed by atoms with Crippen molar-refractivity contribution in [1.29, 1.82) is 0 Å². The van der Waals surface area contributed by atoms with Crippen molar-refractivity contribution in [3.05, 3.63) is 95.9 Å². The second kappa shape index (κ2) is 9.71. The van der Waals surface area contributed by atoms with Crippen LogP contribution in [0.25, 0.3) is 11.0 Å². The Kier molecular flexibility index (Phi) is 6.57. The molecule has 0 aliphatic carbocycles. The van der Waals surface area contributed by atoms with Crippen LogP contribution in [0.2, 0.25) is 0 Å². The normalized spacial score (nSPS) is 10.9. The van der Waals surface area contributed by atoms with Gasteiger partial charge in [0.1, 0.15) is 10.8 Å². The monoisotopic (exact) mass is 431 g/mol. The minimum atomic E-state index is -0.269. The number of carbonyl (C=O) groups excluding carboxylic acids is 1. The fourth-order valence-corrected chi connectivity index (χ4v) is 4.23. The third-order valence-corrected chi connectivity index (χ3v) is 5.90. The van der Waals surface area contributed by atoms with Crippen molar-refractivity contribution in [2.75, 3.05) is 17.2 Å². The maximum atomic E-state index is 13.3. The van der Waals surface area contributed by atoms with E-state index in [0.717, 1.165) is 33.0 Å². The number of aromatic nitrogens is 2. The number of hydrogen-bond acceptors (Lipinski definition) is 4. The van der Waals surface area contributed by atoms with E-state index >= 15 is 0 Å². The highest BCUT2D eigenvalue weighted by Gasteiger charge is 2.17. The molecule has 4 rings (SSSR count). The van der Waals surface area contributed by atoms with Crippen LogP contribution in [-0.4, -0.2) is 28.2 Å². The Bertz CT molecular complexity index is 1180. The highest BCUT2D eigenvalue weighted by Crippen LogP contribution is 2.26. The Balaban J connectivity index is 1.59. The minimum absolute atomic E-state index is 0.0152. The van der Waals surface area contributed by atoms with Crippen molar-refractivity contribution in [3.63, 3.8) is 0 Å². The zero-order chi connectivity index (χ0) is 21.6. The molecule has 0 aliphatic heterocycles. The molecule has 0 bridgehead atoms. The van der Waals surface area contributed by atoms with Crippen LogP contribution in [0, 0.1) is 5.82 Å². The molecule has 156 valence electrons. The third-order valence-electron chi connectivity index (χ3n) is 4.91. The zero-order valence-corrected chi connectivity index (χ0v) is 18.0. The quantitative estimate of drug-likeness (QED) is 0.362. The van der Waals surface area contributed by atoms with E-state index in [9.17, 15) is 9.18 Å². The van der Waals surface area contributed by atoms with Gasteiger partial charge in [0, 0.05) is 18.7 Å². The van der Waals surface area contributed by atoms with Gasteiger partial charge in [0.25, 0.3) is 0 Å². The zero-order valence-electron chi connectivity index (χ0n) is 17.2. The van der Waals surface area contributed by atoms with Crippen LogP contribution < -0.4 is 4.90 Å². The van der Waals surface area contributed by atoms with E-state index in [-0.39, 0.29) is 17.5 Å². The van der Waals surface area contributed by atoms with Crippen molar-refractivity contribution < 1.29 is 9.18 Å². The molecule has 0 saturated carbocycles. The number of halogens is 1. The van der Waals surface area contributed by atoms with Gasteiger partial charge in [0.05, 0.1) is 22.5 Å². The van der Waals surface area contributed by atoms with Crippen LogP contribution in [0.4, 0.5) is 10.1 Å². The Labute approximate surface area is 185 Å². The Morgan fingerprint density at radius 1 is 0.903 bits per heavy atom. The number of rotatable bonds is 7. The van der Waals surface area contributed by atoms with E-state index in [1.807, 2.05) is 61.5 Å². The van der Waals surface area contributed by atoms with Gasteiger partial charge in [0.2, 0.25) is 5.91 Å². The van der Waals surface area contributed by atoms with Crippen molar-refractivity contribution in [2.45, 2.75) is 18.4 Å². The van der Waals surface area contributed by atoms with Gasteiger partial charge < -0.3 is 4.90 Å². The Hall–Kier alpha value is -3.25. The fraction of sp³-hybridized carbons (Fsp3) is 0.160. The molecule has 4 nitrogen and oxygen atoms in total. The van der Waals surface area contributed by atoms with Crippen molar-refractivity contribution in [1.82, 2.24) is 9.97 Å². The highest BCUT2D eigenvalue weighted by atomic mass is 32.2. The lowest BCUT2D eigenvalue weighted by Crippen LogP contribution is -2.32. The summed E-state index contributed by atoms with van der Waals surface area (Å²) in [5.41, 5.74) is 4.20. The van der Waals surface area contributed by atoms with E-state index in [1.54, 1.807) is 17.0 Å². The van der Waals surface area contributed by atoms with Gasteiger partial charge in [0.15, 0.2) is 0 Å². The summed E-state index contributed by atoms with van der Waals surface area (Å²) >= 11 is 1.39. The molecule has 1 heterocycles. The van der Waals surface area contributed by atoms with E-state index in [1.165, 1.54) is 23.9 Å². The first-order chi connectivity index (χ1) is 15.1. The summed E-state index contributed by atoms with van der Waals surface area (Å²) in [5, 5.41) is 0.723. The Morgan fingerprint density at radius 2 is 1.55 bits per heavy atom. The number of para-hydroxylation sites is 3. The molecule has 0 fully saturated rings. The number of nitrogens with zero attached hydrogens (tertiary/aromatic N) is 3. The van der Waals surface area contributed by atoms with Crippen LogP contribution in [0.1, 0.15) is 18.2 Å². The van der Waals surface area contributed by atoms with Crippen LogP contribution in [0.3, 0.4) is 0 Å². The molecule has 0 unspecified atom stereocenters. The van der Waals surface area contributed by atoms with Gasteiger partial charge in [-0.25, -0.2) is 14.4 Å². The molecule has 0 atom stereocenters. The standard InChI is InChI=1S/C25H22FN3OS/c1-2-29(20-8-4-3-5-9-20)24(30)17-31-25-23(16-18-12-14-19(26)15-13-18)27-21-10-6-7-11-22(21)28-25/h3-15H,2,16-17H2,1H3. The smallest absolute Gasteiger partial charge is 0.237 e. The summed E-state index contributed by atoms with van der Waals surface area (Å²) in [7, 11) is 0. The van der Waals surface area contributed by atoms with Gasteiger partial charge in [-0.2, -0.15) is 0 Å². The molecular formula is C25H22FN3OS. The van der Waals surface area contributed by atoms with E-state index in [2.05, 4.69) is 0 Å². The maximum Gasteiger partial charge on any atom is 0.237 e. The van der Waals surface area contributed by atoms with E-state index in [4.69, 9.17) is 9.97 Å². The SMILES string of the molecule is CCN(C(=O)CSc1nc2ccccc2nc1Cc1ccc(F)cc1)c1ccccc1. The first-order valence-corrected chi connectivity index (χ1v) is 11.1. The summed E-state index contributed by atoms with van der Waals surface area (Å²) in [4.78, 5) is 24.3. The van der Waals surface area contributed by atoms with Crippen LogP contribution in [0.5, 0.6) is 0 Å². The number of amides is 1. The second-order valence-corrected chi connectivity index (χ2v) is 7.99. The molecule has 0 saturated heterocycles. The predicted molar refractivity (Wildman–Crippen MR) is 124 cm³/mol. The number of benzene rings is 3. The van der Waals surface area contributed by atoms with Gasteiger partial charge in [-0.15, -0.1) is 0 Å². The fourth-order valence-electron chi connectivity index (χ4n) is 3.37. The molecule has 0 spiro atoms. The summed E-state index contributed by atoms with van der Waals surface area (Å²) in [6.45, 7) is 2.56. The van der Waals surface area contributed by atoms with Gasteiger partial charge >= 0.3 is 0 Å². The third kappa shape index (κ3) is 5.09. The number of anilines is 1. The topological polar surface area (TPSA) is 46.1 Å². The van der Waals surface area contributed by atoms with E-state index in [0.29, 0.717) is 13.0 Å². The second-order valence-electron chi connectivity index (χ2n) is 7.03. The summed E-state index contributed by atoms with van der Waals surface area (Å²) in [5.74, 6) is 0.00196. The Morgan fingerprint density at radius 3 is 2.23 bits per heavy atom. The lowest BCUT2D eigenvalue weighted by atomic mass is 10.1. The number of fused-ring (bicyclic) bond motifs is 1. The summed E-state index contributed by atoms with van der Waals surface area (Å²) in [6.07, 6.45) is 0.519. The van der Waals surface area contributed by atoms with Crippen LogP contribution in [0.15, 0.2) is 83.9 Å². The lowest BCUT2D eigenvalue weighted by molar-refractivity contribution is -0.116. The van der Waals surface area contributed by atoms with Crippen LogP contribution >= 0.6 is 11.8 Å². The average Bonchev–Trinajstić information content (AvgIpc) is 2.80. The lowest BCUT2D eigenvalue weighted by Gasteiger charge is -2.21. The maximum absolute atomic E-state index is 13.3. The van der Waals surface area contributed by atoms with Crippen molar-refractivity contribution in [3.8, 4) is 0 Å². The van der Waals surface area contributed by atoms with Crippen molar-refractivity contribution >= 4 is 34.4 Å². The number of carbonyl (C=O) groups is 1.